The molecule has 7 heteroatoms. The van der Waals surface area contributed by atoms with Crippen molar-refractivity contribution in [1.82, 2.24) is 9.55 Å². The Morgan fingerprint density at radius 3 is 2.84 bits per heavy atom. The summed E-state index contributed by atoms with van der Waals surface area (Å²) in [4.78, 5) is 16.6. The van der Waals surface area contributed by atoms with E-state index < -0.39 is 17.5 Å². The molecule has 0 unspecified atom stereocenters. The highest BCUT2D eigenvalue weighted by Gasteiger charge is 2.13. The Kier molecular flexibility index (Phi) is 5.14. The lowest BCUT2D eigenvalue weighted by molar-refractivity contribution is -0.113. The van der Waals surface area contributed by atoms with E-state index >= 15 is 0 Å². The van der Waals surface area contributed by atoms with E-state index in [1.54, 1.807) is 6.08 Å². The van der Waals surface area contributed by atoms with Gasteiger partial charge in [-0.1, -0.05) is 30.0 Å². The minimum atomic E-state index is -0.808. The molecule has 0 saturated heterocycles. The first-order chi connectivity index (χ1) is 12.1. The van der Waals surface area contributed by atoms with E-state index in [1.165, 1.54) is 17.8 Å². The number of aromatic nitrogens is 2. The summed E-state index contributed by atoms with van der Waals surface area (Å²) in [6, 6.07) is 10.7. The number of para-hydroxylation sites is 2. The van der Waals surface area contributed by atoms with Gasteiger partial charge in [0.05, 0.1) is 22.5 Å². The van der Waals surface area contributed by atoms with Crippen LogP contribution in [0.3, 0.4) is 0 Å². The third-order valence-corrected chi connectivity index (χ3v) is 4.45. The molecule has 128 valence electrons. The molecule has 0 aliphatic carbocycles. The number of benzene rings is 2. The Labute approximate surface area is 147 Å². The Morgan fingerprint density at radius 1 is 1.28 bits per heavy atom. The van der Waals surface area contributed by atoms with Gasteiger partial charge < -0.3 is 9.88 Å². The molecule has 1 amide bonds. The van der Waals surface area contributed by atoms with Gasteiger partial charge in [-0.15, -0.1) is 6.58 Å². The summed E-state index contributed by atoms with van der Waals surface area (Å²) in [5, 5.41) is 3.11. The van der Waals surface area contributed by atoms with Gasteiger partial charge in [0.2, 0.25) is 5.91 Å². The summed E-state index contributed by atoms with van der Waals surface area (Å²) in [6.45, 7) is 4.31. The second-order valence-corrected chi connectivity index (χ2v) is 6.19. The van der Waals surface area contributed by atoms with Crippen LogP contribution in [0, 0.1) is 11.6 Å². The zero-order valence-electron chi connectivity index (χ0n) is 13.2. The molecular formula is C18H15F2N3OS. The number of carbonyl (C=O) groups excluding carboxylic acids is 1. The summed E-state index contributed by atoms with van der Waals surface area (Å²) in [5.41, 5.74) is 1.73. The Bertz CT molecular complexity index is 939. The maximum Gasteiger partial charge on any atom is 0.234 e. The fourth-order valence-electron chi connectivity index (χ4n) is 2.38. The highest BCUT2D eigenvalue weighted by atomic mass is 32.2. The van der Waals surface area contributed by atoms with Crippen molar-refractivity contribution in [3.63, 3.8) is 0 Å². The van der Waals surface area contributed by atoms with Crippen LogP contribution in [0.25, 0.3) is 11.0 Å². The van der Waals surface area contributed by atoms with Crippen molar-refractivity contribution in [1.29, 1.82) is 0 Å². The average Bonchev–Trinajstić information content (AvgIpc) is 2.94. The van der Waals surface area contributed by atoms with E-state index in [9.17, 15) is 13.6 Å². The number of hydrogen-bond acceptors (Lipinski definition) is 3. The lowest BCUT2D eigenvalue weighted by atomic mass is 10.3. The van der Waals surface area contributed by atoms with E-state index in [2.05, 4.69) is 16.9 Å². The van der Waals surface area contributed by atoms with Crippen LogP contribution >= 0.6 is 11.8 Å². The smallest absolute Gasteiger partial charge is 0.234 e. The van der Waals surface area contributed by atoms with Crippen LogP contribution in [0.5, 0.6) is 0 Å². The van der Waals surface area contributed by atoms with Crippen LogP contribution in [0.15, 0.2) is 60.3 Å². The van der Waals surface area contributed by atoms with Crippen molar-refractivity contribution < 1.29 is 13.6 Å². The van der Waals surface area contributed by atoms with Gasteiger partial charge in [-0.3, -0.25) is 4.79 Å². The quantitative estimate of drug-likeness (QED) is 0.529. The summed E-state index contributed by atoms with van der Waals surface area (Å²) < 4.78 is 28.4. The Morgan fingerprint density at radius 2 is 2.08 bits per heavy atom. The molecular weight excluding hydrogens is 344 g/mol. The van der Waals surface area contributed by atoms with Gasteiger partial charge in [0, 0.05) is 12.6 Å². The number of rotatable bonds is 6. The largest absolute Gasteiger partial charge is 0.323 e. The molecule has 0 aliphatic heterocycles. The summed E-state index contributed by atoms with van der Waals surface area (Å²) in [5.74, 6) is -1.84. The van der Waals surface area contributed by atoms with Crippen LogP contribution in [-0.2, 0) is 11.3 Å². The van der Waals surface area contributed by atoms with Crippen molar-refractivity contribution in [2.75, 3.05) is 11.1 Å². The topological polar surface area (TPSA) is 46.9 Å². The van der Waals surface area contributed by atoms with Crippen LogP contribution in [0.2, 0.25) is 0 Å². The summed E-state index contributed by atoms with van der Waals surface area (Å²) >= 11 is 1.24. The standard InChI is InChI=1S/C18H15F2N3OS/c1-2-9-23-16-6-4-3-5-15(16)22-18(23)25-11-17(24)21-14-8-7-12(19)10-13(14)20/h2-8,10H,1,9,11H2,(H,21,24). The number of amides is 1. The first-order valence-electron chi connectivity index (χ1n) is 7.52. The minimum absolute atomic E-state index is 0.0494. The number of anilines is 1. The van der Waals surface area contributed by atoms with Gasteiger partial charge >= 0.3 is 0 Å². The zero-order chi connectivity index (χ0) is 17.8. The monoisotopic (exact) mass is 359 g/mol. The second kappa shape index (κ2) is 7.48. The fourth-order valence-corrected chi connectivity index (χ4v) is 3.20. The molecule has 0 bridgehead atoms. The zero-order valence-corrected chi connectivity index (χ0v) is 14.0. The van der Waals surface area contributed by atoms with E-state index in [4.69, 9.17) is 0 Å². The number of fused-ring (bicyclic) bond motifs is 1. The highest BCUT2D eigenvalue weighted by molar-refractivity contribution is 7.99. The molecule has 0 aliphatic rings. The highest BCUT2D eigenvalue weighted by Crippen LogP contribution is 2.24. The first-order valence-corrected chi connectivity index (χ1v) is 8.51. The number of thioether (sulfide) groups is 1. The molecule has 1 heterocycles. The lowest BCUT2D eigenvalue weighted by Gasteiger charge is -2.07. The number of imidazole rings is 1. The molecule has 25 heavy (non-hydrogen) atoms. The van der Waals surface area contributed by atoms with Gasteiger partial charge in [0.1, 0.15) is 11.6 Å². The predicted octanol–water partition coefficient (Wildman–Crippen LogP) is 4.23. The normalized spacial score (nSPS) is 10.8. The molecule has 0 radical (unpaired) electrons. The second-order valence-electron chi connectivity index (χ2n) is 5.24. The van der Waals surface area contributed by atoms with Crippen molar-refractivity contribution in [2.24, 2.45) is 0 Å². The Balaban J connectivity index is 1.72. The van der Waals surface area contributed by atoms with Crippen LogP contribution in [-0.4, -0.2) is 21.2 Å². The third kappa shape index (κ3) is 3.88. The fraction of sp³-hybridized carbons (Fsp3) is 0.111. The lowest BCUT2D eigenvalue weighted by Crippen LogP contribution is -2.15. The predicted molar refractivity (Wildman–Crippen MR) is 95.6 cm³/mol. The van der Waals surface area contributed by atoms with Crippen molar-refractivity contribution >= 4 is 34.4 Å². The number of carbonyl (C=O) groups is 1. The molecule has 0 fully saturated rings. The first kappa shape index (κ1) is 17.2. The van der Waals surface area contributed by atoms with Gasteiger partial charge in [-0.2, -0.15) is 0 Å². The number of nitrogens with one attached hydrogen (secondary N) is 1. The summed E-state index contributed by atoms with van der Waals surface area (Å²) in [7, 11) is 0. The molecule has 4 nitrogen and oxygen atoms in total. The van der Waals surface area contributed by atoms with E-state index in [0.717, 1.165) is 23.2 Å². The van der Waals surface area contributed by atoms with E-state index in [1.807, 2.05) is 28.8 Å². The molecule has 2 aromatic carbocycles. The van der Waals surface area contributed by atoms with Gasteiger partial charge in [-0.05, 0) is 24.3 Å². The van der Waals surface area contributed by atoms with E-state index in [-0.39, 0.29) is 11.4 Å². The third-order valence-electron chi connectivity index (χ3n) is 3.47. The SMILES string of the molecule is C=CCn1c(SCC(=O)Nc2ccc(F)cc2F)nc2ccccc21. The maximum absolute atomic E-state index is 13.6. The molecule has 3 rings (SSSR count). The van der Waals surface area contributed by atoms with Gasteiger partial charge in [-0.25, -0.2) is 13.8 Å². The minimum Gasteiger partial charge on any atom is -0.323 e. The molecule has 3 aromatic rings. The summed E-state index contributed by atoms with van der Waals surface area (Å²) in [6.07, 6.45) is 1.76. The van der Waals surface area contributed by atoms with Crippen molar-refractivity contribution in [3.8, 4) is 0 Å². The van der Waals surface area contributed by atoms with Crippen molar-refractivity contribution in [3.05, 3.63) is 66.8 Å². The molecule has 1 N–H and O–H groups in total. The molecule has 0 spiro atoms. The Hall–Kier alpha value is -2.67. The number of allylic oxidation sites excluding steroid dienone is 1. The van der Waals surface area contributed by atoms with Crippen LogP contribution in [0.4, 0.5) is 14.5 Å². The molecule has 1 aromatic heterocycles. The van der Waals surface area contributed by atoms with Crippen LogP contribution in [0.1, 0.15) is 0 Å². The van der Waals surface area contributed by atoms with Gasteiger partial charge in [0.25, 0.3) is 0 Å². The van der Waals surface area contributed by atoms with Crippen molar-refractivity contribution in [2.45, 2.75) is 11.7 Å². The molecule has 0 atom stereocenters. The maximum atomic E-state index is 13.6. The van der Waals surface area contributed by atoms with E-state index in [0.29, 0.717) is 11.7 Å². The van der Waals surface area contributed by atoms with Gasteiger partial charge in [0.15, 0.2) is 5.16 Å². The number of hydrogen-bond donors (Lipinski definition) is 1. The molecule has 0 saturated carbocycles. The number of halogens is 2. The van der Waals surface area contributed by atoms with Crippen LogP contribution < -0.4 is 5.32 Å². The number of nitrogens with zero attached hydrogens (tertiary/aromatic N) is 2. The average molecular weight is 359 g/mol.